The molecule has 0 bridgehead atoms. The minimum absolute atomic E-state index is 0.169. The zero-order chi connectivity index (χ0) is 19.3. The van der Waals surface area contributed by atoms with Crippen LogP contribution in [0.5, 0.6) is 0 Å². The second-order valence-electron chi connectivity index (χ2n) is 6.99. The Labute approximate surface area is 160 Å². The zero-order valence-electron chi connectivity index (χ0n) is 14.8. The van der Waals surface area contributed by atoms with Crippen molar-refractivity contribution < 1.29 is 4.79 Å². The number of carbonyl (C=O) groups excluding carboxylic acids is 1. The van der Waals surface area contributed by atoms with Crippen molar-refractivity contribution in [2.45, 2.75) is 6.42 Å². The number of nitrogens with one attached hydrogen (secondary N) is 2. The number of benzene rings is 1. The predicted molar refractivity (Wildman–Crippen MR) is 107 cm³/mol. The first-order valence-corrected chi connectivity index (χ1v) is 8.97. The van der Waals surface area contributed by atoms with Gasteiger partial charge in [-0.05, 0) is 36.1 Å². The first-order chi connectivity index (χ1) is 13.6. The molecule has 0 radical (unpaired) electrons. The van der Waals surface area contributed by atoms with Crippen molar-refractivity contribution in [3.05, 3.63) is 48.8 Å². The van der Waals surface area contributed by atoms with Crippen LogP contribution in [0.3, 0.4) is 0 Å². The molecule has 1 saturated carbocycles. The molecule has 1 fully saturated rings. The fraction of sp³-hybridized carbons (Fsp3) is 0.143. The average molecular weight is 368 g/mol. The van der Waals surface area contributed by atoms with E-state index in [1.54, 1.807) is 12.3 Å². The van der Waals surface area contributed by atoms with Gasteiger partial charge in [0, 0.05) is 34.2 Å². The van der Waals surface area contributed by atoms with Gasteiger partial charge in [-0.3, -0.25) is 4.79 Å². The van der Waals surface area contributed by atoms with Crippen LogP contribution in [0.4, 0.5) is 11.6 Å². The Morgan fingerprint density at radius 3 is 3.00 bits per heavy atom. The lowest BCUT2D eigenvalue weighted by Gasteiger charge is -2.09. The van der Waals surface area contributed by atoms with Gasteiger partial charge in [-0.15, -0.1) is 0 Å². The highest BCUT2D eigenvalue weighted by Gasteiger charge is 2.43. The van der Waals surface area contributed by atoms with Crippen molar-refractivity contribution in [2.75, 3.05) is 11.1 Å². The summed E-state index contributed by atoms with van der Waals surface area (Å²) in [6.07, 6.45) is 4.11. The highest BCUT2D eigenvalue weighted by molar-refractivity contribution is 6.01. The number of aromatic nitrogens is 3. The molecule has 2 atom stereocenters. The number of carbonyl (C=O) groups is 1. The third-order valence-corrected chi connectivity index (χ3v) is 5.16. The van der Waals surface area contributed by atoms with Crippen LogP contribution in [-0.2, 0) is 4.79 Å². The van der Waals surface area contributed by atoms with E-state index >= 15 is 0 Å². The molecule has 7 heteroatoms. The molecule has 1 aliphatic rings. The van der Waals surface area contributed by atoms with Crippen molar-refractivity contribution in [3.63, 3.8) is 0 Å². The number of aromatic amines is 1. The molecule has 136 valence electrons. The summed E-state index contributed by atoms with van der Waals surface area (Å²) in [7, 11) is 0. The van der Waals surface area contributed by atoms with Gasteiger partial charge in [0.25, 0.3) is 0 Å². The molecule has 4 N–H and O–H groups in total. The van der Waals surface area contributed by atoms with Crippen LogP contribution in [0.1, 0.15) is 6.42 Å². The Morgan fingerprint density at radius 2 is 2.18 bits per heavy atom. The number of H-pyrrole nitrogens is 1. The summed E-state index contributed by atoms with van der Waals surface area (Å²) in [5.41, 5.74) is 8.93. The molecule has 28 heavy (non-hydrogen) atoms. The molecule has 0 saturated heterocycles. The largest absolute Gasteiger partial charge is 0.383 e. The number of fused-ring (bicyclic) bond motifs is 2. The normalized spacial score (nSPS) is 18.1. The van der Waals surface area contributed by atoms with Gasteiger partial charge in [0.2, 0.25) is 5.91 Å². The van der Waals surface area contributed by atoms with Crippen LogP contribution in [-0.4, -0.2) is 20.9 Å². The summed E-state index contributed by atoms with van der Waals surface area (Å²) >= 11 is 0. The molecule has 5 rings (SSSR count). The van der Waals surface area contributed by atoms with Gasteiger partial charge in [-0.25, -0.2) is 9.97 Å². The fourth-order valence-corrected chi connectivity index (χ4v) is 3.54. The molecule has 1 amide bonds. The lowest BCUT2D eigenvalue weighted by Crippen LogP contribution is -2.15. The van der Waals surface area contributed by atoms with E-state index in [4.69, 9.17) is 11.0 Å². The van der Waals surface area contributed by atoms with Crippen LogP contribution in [0.2, 0.25) is 0 Å². The smallest absolute Gasteiger partial charge is 0.230 e. The van der Waals surface area contributed by atoms with Crippen molar-refractivity contribution >= 4 is 39.2 Å². The second kappa shape index (κ2) is 6.06. The van der Waals surface area contributed by atoms with E-state index < -0.39 is 0 Å². The highest BCUT2D eigenvalue weighted by Crippen LogP contribution is 2.38. The molecular weight excluding hydrogens is 352 g/mol. The van der Waals surface area contributed by atoms with Crippen LogP contribution in [0.25, 0.3) is 32.9 Å². The standard InChI is InChI=1S/C21H16N6O/c22-9-12-6-15(12)21(28)27-19-8-11-7-18(26-20(23)16(11)10-25-19)13-2-1-3-17-14(13)4-5-24-17/h1-5,7-8,10,12,15,24H,6H2,(H2,23,26)(H,25,27,28)/t12-,15-/m1/s1. The number of pyridine rings is 2. The van der Waals surface area contributed by atoms with Crippen molar-refractivity contribution in [3.8, 4) is 17.3 Å². The first-order valence-electron chi connectivity index (χ1n) is 8.97. The van der Waals surface area contributed by atoms with Crippen molar-refractivity contribution in [1.82, 2.24) is 15.0 Å². The Kier molecular flexibility index (Phi) is 3.52. The van der Waals surface area contributed by atoms with E-state index in [0.29, 0.717) is 18.1 Å². The lowest BCUT2D eigenvalue weighted by molar-refractivity contribution is -0.117. The maximum Gasteiger partial charge on any atom is 0.230 e. The summed E-state index contributed by atoms with van der Waals surface area (Å²) in [4.78, 5) is 24.2. The number of rotatable bonds is 3. The molecule has 3 heterocycles. The number of hydrogen-bond acceptors (Lipinski definition) is 5. The highest BCUT2D eigenvalue weighted by atomic mass is 16.2. The predicted octanol–water partition coefficient (Wildman–Crippen LogP) is 3.46. The zero-order valence-corrected chi connectivity index (χ0v) is 14.8. The Morgan fingerprint density at radius 1 is 1.29 bits per heavy atom. The van der Waals surface area contributed by atoms with E-state index in [9.17, 15) is 4.79 Å². The molecule has 7 nitrogen and oxygen atoms in total. The third kappa shape index (κ3) is 2.63. The summed E-state index contributed by atoms with van der Waals surface area (Å²) in [5.74, 6) is 0.230. The molecular formula is C21H16N6O. The molecule has 0 unspecified atom stereocenters. The number of nitriles is 1. The topological polar surface area (TPSA) is 120 Å². The van der Waals surface area contributed by atoms with Crippen LogP contribution >= 0.6 is 0 Å². The number of nitrogens with zero attached hydrogens (tertiary/aromatic N) is 3. The second-order valence-corrected chi connectivity index (χ2v) is 6.99. The van der Waals surface area contributed by atoms with Gasteiger partial charge in [0.15, 0.2) is 0 Å². The first kappa shape index (κ1) is 16.3. The Hall–Kier alpha value is -3.92. The summed E-state index contributed by atoms with van der Waals surface area (Å²) < 4.78 is 0. The van der Waals surface area contributed by atoms with Gasteiger partial charge in [-0.1, -0.05) is 12.1 Å². The maximum atomic E-state index is 12.2. The minimum atomic E-state index is -0.244. The maximum absolute atomic E-state index is 12.2. The van der Waals surface area contributed by atoms with Crippen LogP contribution in [0.15, 0.2) is 48.8 Å². The van der Waals surface area contributed by atoms with Gasteiger partial charge in [-0.2, -0.15) is 5.26 Å². The quantitative estimate of drug-likeness (QED) is 0.511. The SMILES string of the molecule is N#C[C@H]1C[C@H]1C(=O)Nc1cc2cc(-c3cccc4[nH]ccc34)nc(N)c2cn1. The number of anilines is 2. The van der Waals surface area contributed by atoms with Gasteiger partial charge < -0.3 is 16.0 Å². The Balaban J connectivity index is 1.55. The summed E-state index contributed by atoms with van der Waals surface area (Å²) in [6, 6.07) is 13.8. The van der Waals surface area contributed by atoms with Crippen molar-refractivity contribution in [1.29, 1.82) is 5.26 Å². The molecule has 1 aliphatic carbocycles. The average Bonchev–Trinajstić information content (AvgIpc) is 3.34. The summed E-state index contributed by atoms with van der Waals surface area (Å²) in [6.45, 7) is 0. The number of nitrogen functional groups attached to an aromatic ring is 1. The number of amides is 1. The van der Waals surface area contributed by atoms with E-state index in [-0.39, 0.29) is 17.7 Å². The number of nitrogens with two attached hydrogens (primary N) is 1. The lowest BCUT2D eigenvalue weighted by atomic mass is 10.0. The Bertz CT molecular complexity index is 1290. The van der Waals surface area contributed by atoms with Crippen LogP contribution < -0.4 is 11.1 Å². The van der Waals surface area contributed by atoms with E-state index in [0.717, 1.165) is 32.9 Å². The van der Waals surface area contributed by atoms with Crippen molar-refractivity contribution in [2.24, 2.45) is 11.8 Å². The third-order valence-electron chi connectivity index (χ3n) is 5.16. The monoisotopic (exact) mass is 368 g/mol. The van der Waals surface area contributed by atoms with Gasteiger partial charge in [0.05, 0.1) is 23.6 Å². The van der Waals surface area contributed by atoms with Gasteiger partial charge in [0.1, 0.15) is 11.6 Å². The molecule has 4 aromatic rings. The van der Waals surface area contributed by atoms with E-state index in [1.807, 2.05) is 36.5 Å². The van der Waals surface area contributed by atoms with E-state index in [2.05, 4.69) is 26.3 Å². The van der Waals surface area contributed by atoms with Crippen LogP contribution in [0, 0.1) is 23.2 Å². The molecule has 0 spiro atoms. The van der Waals surface area contributed by atoms with Gasteiger partial charge >= 0.3 is 0 Å². The minimum Gasteiger partial charge on any atom is -0.383 e. The molecule has 3 aromatic heterocycles. The number of hydrogen-bond donors (Lipinski definition) is 3. The molecule has 1 aromatic carbocycles. The molecule has 0 aliphatic heterocycles. The fourth-order valence-electron chi connectivity index (χ4n) is 3.54. The van der Waals surface area contributed by atoms with E-state index in [1.165, 1.54) is 0 Å². The summed E-state index contributed by atoms with van der Waals surface area (Å²) in [5, 5.41) is 14.3.